The van der Waals surface area contributed by atoms with Crippen LogP contribution in [-0.2, 0) is 14.8 Å². The fourth-order valence-corrected chi connectivity index (χ4v) is 4.79. The Morgan fingerprint density at radius 2 is 1.72 bits per heavy atom. The number of piperazine rings is 1. The maximum atomic E-state index is 12.9. The maximum absolute atomic E-state index is 12.9. The SMILES string of the molecule is CCN(C(=O)c1ccc(S(=O)(=O)N2CCN(C=O)CC2)cc1)c1cccc(C)c1. The van der Waals surface area contributed by atoms with Crippen LogP contribution in [0, 0.1) is 6.92 Å². The molecule has 7 nitrogen and oxygen atoms in total. The van der Waals surface area contributed by atoms with Gasteiger partial charge in [0.2, 0.25) is 16.4 Å². The minimum atomic E-state index is -3.65. The fourth-order valence-electron chi connectivity index (χ4n) is 3.36. The molecule has 0 saturated carbocycles. The van der Waals surface area contributed by atoms with Crippen LogP contribution in [0.1, 0.15) is 22.8 Å². The van der Waals surface area contributed by atoms with Gasteiger partial charge >= 0.3 is 0 Å². The molecule has 2 amide bonds. The van der Waals surface area contributed by atoms with Gasteiger partial charge in [-0.15, -0.1) is 0 Å². The first-order valence-corrected chi connectivity index (χ1v) is 11.0. The Morgan fingerprint density at radius 3 is 2.28 bits per heavy atom. The normalized spacial score (nSPS) is 15.2. The molecule has 29 heavy (non-hydrogen) atoms. The largest absolute Gasteiger partial charge is 0.343 e. The number of amides is 2. The summed E-state index contributed by atoms with van der Waals surface area (Å²) in [7, 11) is -3.65. The van der Waals surface area contributed by atoms with Crippen LogP contribution in [0.5, 0.6) is 0 Å². The van der Waals surface area contributed by atoms with Crippen molar-refractivity contribution in [1.82, 2.24) is 9.21 Å². The van der Waals surface area contributed by atoms with E-state index in [-0.39, 0.29) is 23.9 Å². The third-order valence-corrected chi connectivity index (χ3v) is 6.95. The van der Waals surface area contributed by atoms with E-state index in [2.05, 4.69) is 0 Å². The van der Waals surface area contributed by atoms with Crippen LogP contribution < -0.4 is 4.90 Å². The molecule has 154 valence electrons. The minimum Gasteiger partial charge on any atom is -0.343 e. The molecule has 0 N–H and O–H groups in total. The average Bonchev–Trinajstić information content (AvgIpc) is 2.74. The summed E-state index contributed by atoms with van der Waals surface area (Å²) < 4.78 is 27.0. The van der Waals surface area contributed by atoms with Crippen LogP contribution in [0.2, 0.25) is 0 Å². The second-order valence-corrected chi connectivity index (χ2v) is 8.90. The third-order valence-electron chi connectivity index (χ3n) is 5.04. The molecule has 1 aliphatic heterocycles. The first kappa shape index (κ1) is 21.0. The highest BCUT2D eigenvalue weighted by Crippen LogP contribution is 2.21. The van der Waals surface area contributed by atoms with E-state index >= 15 is 0 Å². The summed E-state index contributed by atoms with van der Waals surface area (Å²) in [6, 6.07) is 13.7. The van der Waals surface area contributed by atoms with Crippen molar-refractivity contribution in [2.24, 2.45) is 0 Å². The number of carbonyl (C=O) groups excluding carboxylic acids is 2. The molecule has 1 aliphatic rings. The first-order chi connectivity index (χ1) is 13.9. The van der Waals surface area contributed by atoms with Crippen LogP contribution in [0.25, 0.3) is 0 Å². The highest BCUT2D eigenvalue weighted by atomic mass is 32.2. The van der Waals surface area contributed by atoms with Crippen molar-refractivity contribution in [2.75, 3.05) is 37.6 Å². The summed E-state index contributed by atoms with van der Waals surface area (Å²) in [6.07, 6.45) is 0.734. The van der Waals surface area contributed by atoms with E-state index < -0.39 is 10.0 Å². The average molecular weight is 416 g/mol. The van der Waals surface area contributed by atoms with E-state index in [1.807, 2.05) is 38.1 Å². The van der Waals surface area contributed by atoms with Gasteiger partial charge in [0.15, 0.2) is 0 Å². The number of hydrogen-bond acceptors (Lipinski definition) is 4. The zero-order valence-electron chi connectivity index (χ0n) is 16.6. The Hall–Kier alpha value is -2.71. The van der Waals surface area contributed by atoms with Gasteiger partial charge in [-0.1, -0.05) is 12.1 Å². The van der Waals surface area contributed by atoms with Gasteiger partial charge in [-0.3, -0.25) is 9.59 Å². The molecule has 0 radical (unpaired) electrons. The van der Waals surface area contributed by atoms with Gasteiger partial charge < -0.3 is 9.80 Å². The lowest BCUT2D eigenvalue weighted by Gasteiger charge is -2.31. The van der Waals surface area contributed by atoms with Crippen LogP contribution in [0.3, 0.4) is 0 Å². The van der Waals surface area contributed by atoms with Crippen molar-refractivity contribution in [3.05, 3.63) is 59.7 Å². The quantitative estimate of drug-likeness (QED) is 0.677. The smallest absolute Gasteiger partial charge is 0.258 e. The number of nitrogens with zero attached hydrogens (tertiary/aromatic N) is 3. The summed E-state index contributed by atoms with van der Waals surface area (Å²) >= 11 is 0. The van der Waals surface area contributed by atoms with E-state index in [1.54, 1.807) is 21.9 Å². The Bertz CT molecular complexity index is 981. The molecule has 0 unspecified atom stereocenters. The Labute approximate surface area is 171 Å². The molecule has 2 aromatic carbocycles. The number of carbonyl (C=O) groups is 2. The fraction of sp³-hybridized carbons (Fsp3) is 0.333. The van der Waals surface area contributed by atoms with Crippen LogP contribution in [-0.4, -0.2) is 62.7 Å². The van der Waals surface area contributed by atoms with Crippen LogP contribution >= 0.6 is 0 Å². The van der Waals surface area contributed by atoms with Gasteiger partial charge in [0.1, 0.15) is 0 Å². The third kappa shape index (κ3) is 4.49. The van der Waals surface area contributed by atoms with Gasteiger partial charge in [-0.25, -0.2) is 8.42 Å². The maximum Gasteiger partial charge on any atom is 0.258 e. The summed E-state index contributed by atoms with van der Waals surface area (Å²) in [5, 5.41) is 0. The van der Waals surface area contributed by atoms with Crippen molar-refractivity contribution in [3.63, 3.8) is 0 Å². The standard InChI is InChI=1S/C21H25N3O4S/c1-3-24(19-6-4-5-17(2)15-19)21(26)18-7-9-20(10-8-18)29(27,28)23-13-11-22(16-25)12-14-23/h4-10,15-16H,3,11-14H2,1-2H3. The first-order valence-electron chi connectivity index (χ1n) is 9.55. The molecule has 1 saturated heterocycles. The van der Waals surface area contributed by atoms with Gasteiger partial charge in [0.25, 0.3) is 5.91 Å². The number of rotatable bonds is 6. The van der Waals surface area contributed by atoms with E-state index in [4.69, 9.17) is 0 Å². The Balaban J connectivity index is 1.78. The minimum absolute atomic E-state index is 0.146. The van der Waals surface area contributed by atoms with Gasteiger partial charge in [0, 0.05) is 44.0 Å². The summed E-state index contributed by atoms with van der Waals surface area (Å²) in [6.45, 7) is 5.65. The molecule has 3 rings (SSSR count). The molecule has 0 spiro atoms. The molecular formula is C21H25N3O4S. The lowest BCUT2D eigenvalue weighted by atomic mass is 10.1. The predicted octanol–water partition coefficient (Wildman–Crippen LogP) is 2.12. The molecule has 0 aromatic heterocycles. The summed E-state index contributed by atoms with van der Waals surface area (Å²) in [5.41, 5.74) is 2.30. The zero-order chi connectivity index (χ0) is 21.0. The lowest BCUT2D eigenvalue weighted by Crippen LogP contribution is -2.47. The molecule has 0 bridgehead atoms. The number of sulfonamides is 1. The zero-order valence-corrected chi connectivity index (χ0v) is 17.4. The van der Waals surface area contributed by atoms with Crippen LogP contribution in [0.15, 0.2) is 53.4 Å². The van der Waals surface area contributed by atoms with Crippen molar-refractivity contribution in [2.45, 2.75) is 18.7 Å². The van der Waals surface area contributed by atoms with Crippen molar-refractivity contribution < 1.29 is 18.0 Å². The van der Waals surface area contributed by atoms with Crippen molar-refractivity contribution >= 4 is 28.0 Å². The monoisotopic (exact) mass is 415 g/mol. The highest BCUT2D eigenvalue weighted by Gasteiger charge is 2.28. The van der Waals surface area contributed by atoms with Gasteiger partial charge in [0.05, 0.1) is 4.90 Å². The van der Waals surface area contributed by atoms with Crippen LogP contribution in [0.4, 0.5) is 5.69 Å². The van der Waals surface area contributed by atoms with E-state index in [0.717, 1.165) is 17.7 Å². The van der Waals surface area contributed by atoms with E-state index in [9.17, 15) is 18.0 Å². The number of benzene rings is 2. The van der Waals surface area contributed by atoms with E-state index in [1.165, 1.54) is 16.4 Å². The molecule has 2 aromatic rings. The second-order valence-electron chi connectivity index (χ2n) is 6.96. The second kappa shape index (κ2) is 8.75. The van der Waals surface area contributed by atoms with E-state index in [0.29, 0.717) is 25.2 Å². The van der Waals surface area contributed by atoms with Crippen molar-refractivity contribution in [3.8, 4) is 0 Å². The number of aryl methyl sites for hydroxylation is 1. The molecular weight excluding hydrogens is 390 g/mol. The molecule has 1 heterocycles. The summed E-state index contributed by atoms with van der Waals surface area (Å²) in [4.78, 5) is 27.1. The van der Waals surface area contributed by atoms with Crippen molar-refractivity contribution in [1.29, 1.82) is 0 Å². The molecule has 8 heteroatoms. The predicted molar refractivity (Wildman–Crippen MR) is 111 cm³/mol. The Kier molecular flexibility index (Phi) is 6.34. The summed E-state index contributed by atoms with van der Waals surface area (Å²) in [5.74, 6) is -0.179. The molecule has 1 fully saturated rings. The number of anilines is 1. The lowest BCUT2D eigenvalue weighted by molar-refractivity contribution is -0.119. The highest BCUT2D eigenvalue weighted by molar-refractivity contribution is 7.89. The number of hydrogen-bond donors (Lipinski definition) is 0. The molecule has 0 aliphatic carbocycles. The Morgan fingerprint density at radius 1 is 1.07 bits per heavy atom. The molecule has 0 atom stereocenters. The van der Waals surface area contributed by atoms with Gasteiger partial charge in [-0.2, -0.15) is 4.31 Å². The topological polar surface area (TPSA) is 78.0 Å². The van der Waals surface area contributed by atoms with Gasteiger partial charge in [-0.05, 0) is 55.8 Å².